The smallest absolute Gasteiger partial charge is 0.356 e. The standard InChI is InChI=1S/C5H5N.C2HCl3O2/c1-2-4-6-5-3-1;3-2(4,5)1(6)7/h1-5H;(H,6,7). The van der Waals surface area contributed by atoms with E-state index in [4.69, 9.17) is 39.9 Å². The number of aliphatic carboxylic acids is 1. The minimum Gasteiger partial charge on any atom is -0.478 e. The first-order valence-electron chi connectivity index (χ1n) is 3.09. The summed E-state index contributed by atoms with van der Waals surface area (Å²) in [7, 11) is 0. The number of hydrogen-bond acceptors (Lipinski definition) is 2. The molecule has 0 atom stereocenters. The van der Waals surface area contributed by atoms with Crippen LogP contribution in [0.5, 0.6) is 0 Å². The summed E-state index contributed by atoms with van der Waals surface area (Å²) < 4.78 is -2.17. The topological polar surface area (TPSA) is 50.2 Å². The van der Waals surface area contributed by atoms with Crippen LogP contribution in [0.4, 0.5) is 0 Å². The Balaban J connectivity index is 0.000000223. The maximum Gasteiger partial charge on any atom is 0.356 e. The van der Waals surface area contributed by atoms with Crippen LogP contribution in [0.3, 0.4) is 0 Å². The first kappa shape index (κ1) is 12.5. The summed E-state index contributed by atoms with van der Waals surface area (Å²) in [5.74, 6) is -1.46. The normalized spacial score (nSPS) is 9.77. The zero-order chi connectivity index (χ0) is 10.3. The summed E-state index contributed by atoms with van der Waals surface area (Å²) in [6.07, 6.45) is 3.50. The van der Waals surface area contributed by atoms with E-state index in [2.05, 4.69) is 4.98 Å². The van der Waals surface area contributed by atoms with Gasteiger partial charge in [0.05, 0.1) is 0 Å². The molecule has 1 N–H and O–H groups in total. The molecule has 0 bridgehead atoms. The molecular weight excluding hydrogens is 236 g/mol. The molecule has 1 rings (SSSR count). The Hall–Kier alpha value is -0.510. The Morgan fingerprint density at radius 1 is 1.15 bits per heavy atom. The molecule has 1 heterocycles. The molecule has 0 saturated carbocycles. The molecule has 0 radical (unpaired) electrons. The lowest BCUT2D eigenvalue weighted by atomic mass is 10.5. The average molecular weight is 242 g/mol. The monoisotopic (exact) mass is 241 g/mol. The number of nitrogens with zero attached hydrogens (tertiary/aromatic N) is 1. The first-order valence-corrected chi connectivity index (χ1v) is 4.23. The van der Waals surface area contributed by atoms with Crippen LogP contribution < -0.4 is 0 Å². The first-order chi connectivity index (χ1) is 5.94. The third-order valence-electron chi connectivity index (χ3n) is 0.809. The highest BCUT2D eigenvalue weighted by Gasteiger charge is 2.29. The van der Waals surface area contributed by atoms with Crippen molar-refractivity contribution in [2.75, 3.05) is 0 Å². The quantitative estimate of drug-likeness (QED) is 0.711. The van der Waals surface area contributed by atoms with E-state index in [0.717, 1.165) is 0 Å². The van der Waals surface area contributed by atoms with Gasteiger partial charge in [-0.2, -0.15) is 0 Å². The van der Waals surface area contributed by atoms with Crippen LogP contribution in [-0.4, -0.2) is 19.9 Å². The molecule has 0 aliphatic heterocycles. The largest absolute Gasteiger partial charge is 0.478 e. The third-order valence-corrected chi connectivity index (χ3v) is 1.29. The van der Waals surface area contributed by atoms with E-state index in [1.165, 1.54) is 0 Å². The maximum atomic E-state index is 9.62. The molecule has 6 heteroatoms. The van der Waals surface area contributed by atoms with Gasteiger partial charge >= 0.3 is 5.97 Å². The van der Waals surface area contributed by atoms with E-state index in [0.29, 0.717) is 0 Å². The molecule has 0 fully saturated rings. The molecule has 1 aromatic heterocycles. The summed E-state index contributed by atoms with van der Waals surface area (Å²) >= 11 is 14.4. The lowest BCUT2D eigenvalue weighted by molar-refractivity contribution is -0.135. The summed E-state index contributed by atoms with van der Waals surface area (Å²) in [5.41, 5.74) is 0. The van der Waals surface area contributed by atoms with Crippen LogP contribution >= 0.6 is 34.8 Å². The SMILES string of the molecule is O=C(O)C(Cl)(Cl)Cl.c1ccncc1. The van der Waals surface area contributed by atoms with Crippen LogP contribution in [0.2, 0.25) is 0 Å². The molecular formula is C7H6Cl3NO2. The average Bonchev–Trinajstić information content (AvgIpc) is 2.07. The Labute approximate surface area is 90.3 Å². The molecule has 0 saturated heterocycles. The van der Waals surface area contributed by atoms with Gasteiger partial charge in [0.2, 0.25) is 0 Å². The van der Waals surface area contributed by atoms with E-state index in [1.807, 2.05) is 18.2 Å². The van der Waals surface area contributed by atoms with Crippen molar-refractivity contribution in [1.29, 1.82) is 0 Å². The Morgan fingerprint density at radius 3 is 1.62 bits per heavy atom. The predicted molar refractivity (Wildman–Crippen MR) is 52.2 cm³/mol. The van der Waals surface area contributed by atoms with Crippen molar-refractivity contribution in [2.45, 2.75) is 3.79 Å². The Bertz CT molecular complexity index is 221. The second-order valence-corrected chi connectivity index (χ2v) is 4.11. The fourth-order valence-electron chi connectivity index (χ4n) is 0.313. The van der Waals surface area contributed by atoms with Crippen LogP contribution in [0.1, 0.15) is 0 Å². The van der Waals surface area contributed by atoms with Gasteiger partial charge in [0.25, 0.3) is 3.79 Å². The molecule has 0 unspecified atom stereocenters. The van der Waals surface area contributed by atoms with Gasteiger partial charge in [-0.3, -0.25) is 4.98 Å². The predicted octanol–water partition coefficient (Wildman–Crippen LogP) is 2.52. The van der Waals surface area contributed by atoms with Gasteiger partial charge in [-0.25, -0.2) is 4.79 Å². The van der Waals surface area contributed by atoms with Crippen molar-refractivity contribution in [3.8, 4) is 0 Å². The molecule has 0 aliphatic carbocycles. The number of carboxylic acids is 1. The highest BCUT2D eigenvalue weighted by molar-refractivity contribution is 6.75. The number of halogens is 3. The summed E-state index contributed by atoms with van der Waals surface area (Å²) in [6, 6.07) is 5.72. The molecule has 0 aliphatic rings. The minimum absolute atomic E-state index is 1.46. The van der Waals surface area contributed by atoms with Gasteiger partial charge in [0.1, 0.15) is 0 Å². The van der Waals surface area contributed by atoms with Crippen LogP contribution in [0.15, 0.2) is 30.6 Å². The minimum atomic E-state index is -2.17. The van der Waals surface area contributed by atoms with Gasteiger partial charge in [0.15, 0.2) is 0 Å². The second kappa shape index (κ2) is 6.02. The zero-order valence-corrected chi connectivity index (χ0v) is 8.59. The number of carbonyl (C=O) groups is 1. The molecule has 3 nitrogen and oxygen atoms in total. The van der Waals surface area contributed by atoms with Gasteiger partial charge < -0.3 is 5.11 Å². The number of alkyl halides is 3. The molecule has 1 aromatic rings. The third kappa shape index (κ3) is 7.84. The Kier molecular flexibility index (Phi) is 5.79. The molecule has 0 spiro atoms. The fraction of sp³-hybridized carbons (Fsp3) is 0.143. The van der Waals surface area contributed by atoms with E-state index >= 15 is 0 Å². The number of hydrogen-bond donors (Lipinski definition) is 1. The van der Waals surface area contributed by atoms with Crippen molar-refractivity contribution < 1.29 is 9.90 Å². The highest BCUT2D eigenvalue weighted by atomic mass is 35.6. The summed E-state index contributed by atoms with van der Waals surface area (Å²) in [5, 5.41) is 7.85. The molecule has 72 valence electrons. The number of rotatable bonds is 0. The molecule has 0 aromatic carbocycles. The fourth-order valence-corrected chi connectivity index (χ4v) is 0.313. The second-order valence-electron chi connectivity index (χ2n) is 1.83. The van der Waals surface area contributed by atoms with Crippen LogP contribution in [0.25, 0.3) is 0 Å². The molecule has 0 amide bonds. The van der Waals surface area contributed by atoms with Gasteiger partial charge in [-0.1, -0.05) is 40.9 Å². The Morgan fingerprint density at radius 2 is 1.54 bits per heavy atom. The zero-order valence-electron chi connectivity index (χ0n) is 6.32. The van der Waals surface area contributed by atoms with Gasteiger partial charge in [0, 0.05) is 12.4 Å². The highest BCUT2D eigenvalue weighted by Crippen LogP contribution is 2.25. The van der Waals surface area contributed by atoms with Crippen molar-refractivity contribution in [3.05, 3.63) is 30.6 Å². The van der Waals surface area contributed by atoms with E-state index in [9.17, 15) is 4.79 Å². The number of pyridine rings is 1. The lowest BCUT2D eigenvalue weighted by Crippen LogP contribution is -2.16. The van der Waals surface area contributed by atoms with Crippen LogP contribution in [-0.2, 0) is 4.79 Å². The molecule has 13 heavy (non-hydrogen) atoms. The van der Waals surface area contributed by atoms with Crippen molar-refractivity contribution >= 4 is 40.8 Å². The van der Waals surface area contributed by atoms with Crippen molar-refractivity contribution in [3.63, 3.8) is 0 Å². The van der Waals surface area contributed by atoms with E-state index in [1.54, 1.807) is 12.4 Å². The van der Waals surface area contributed by atoms with E-state index < -0.39 is 9.76 Å². The van der Waals surface area contributed by atoms with Gasteiger partial charge in [-0.05, 0) is 12.1 Å². The van der Waals surface area contributed by atoms with Crippen LogP contribution in [0, 0.1) is 0 Å². The van der Waals surface area contributed by atoms with E-state index in [-0.39, 0.29) is 0 Å². The number of aromatic nitrogens is 1. The van der Waals surface area contributed by atoms with Crippen molar-refractivity contribution in [1.82, 2.24) is 4.98 Å². The van der Waals surface area contributed by atoms with Gasteiger partial charge in [-0.15, -0.1) is 0 Å². The summed E-state index contributed by atoms with van der Waals surface area (Å²) in [4.78, 5) is 13.4. The maximum absolute atomic E-state index is 9.62. The van der Waals surface area contributed by atoms with Crippen molar-refractivity contribution in [2.24, 2.45) is 0 Å². The lowest BCUT2D eigenvalue weighted by Gasteiger charge is -1.99. The summed E-state index contributed by atoms with van der Waals surface area (Å²) in [6.45, 7) is 0. The number of carboxylic acid groups (broad SMARTS) is 1.